The Hall–Kier alpha value is -3.50. The zero-order valence-electron chi connectivity index (χ0n) is 21.3. The van der Waals surface area contributed by atoms with E-state index in [2.05, 4.69) is 38.2 Å². The number of hydrogen-bond donors (Lipinski definition) is 3. The van der Waals surface area contributed by atoms with Crippen molar-refractivity contribution in [2.45, 2.75) is 44.4 Å². The molecule has 1 fully saturated rings. The predicted octanol–water partition coefficient (Wildman–Crippen LogP) is 2.55. The first-order valence-corrected chi connectivity index (χ1v) is 12.4. The number of likely N-dealkylation sites (tertiary alicyclic amines) is 1. The normalized spacial score (nSPS) is 20.3. The molecule has 1 unspecified atom stereocenters. The quantitative estimate of drug-likeness (QED) is 0.504. The molecule has 1 aromatic carbocycles. The highest BCUT2D eigenvalue weighted by Crippen LogP contribution is 2.34. The highest BCUT2D eigenvalue weighted by molar-refractivity contribution is 5.77. The van der Waals surface area contributed by atoms with Crippen LogP contribution in [0.4, 0.5) is 16.4 Å². The summed E-state index contributed by atoms with van der Waals surface area (Å²) >= 11 is 0. The Morgan fingerprint density at radius 2 is 2.03 bits per heavy atom. The summed E-state index contributed by atoms with van der Waals surface area (Å²) in [5, 5.41) is 14.3. The molecular formula is C26H34N8O2. The van der Waals surface area contributed by atoms with Crippen molar-refractivity contribution in [2.75, 3.05) is 31.5 Å². The lowest BCUT2D eigenvalue weighted by atomic mass is 9.83. The van der Waals surface area contributed by atoms with Gasteiger partial charge < -0.3 is 25.6 Å². The Kier molecular flexibility index (Phi) is 6.40. The maximum absolute atomic E-state index is 13.5. The number of anilines is 2. The standard InChI is InChI=1S/C26H34N8O2/c1-25(2,3)36-20-15-34(16-20)24(35)32-26(17-27-11-9-18-7-5-6-8-21(18)26)22-10-12-28-23(31-22)30-19-13-29-33(4)14-19/h5-8,10,12-14,20,27H,9,11,15-17H2,1-4H3,(H,32,35)(H,28,30,31). The molecule has 10 nitrogen and oxygen atoms in total. The van der Waals surface area contributed by atoms with E-state index in [0.29, 0.717) is 31.3 Å². The van der Waals surface area contributed by atoms with Crippen molar-refractivity contribution >= 4 is 17.7 Å². The molecule has 2 amide bonds. The lowest BCUT2D eigenvalue weighted by molar-refractivity contribution is -0.111. The van der Waals surface area contributed by atoms with Crippen LogP contribution in [0, 0.1) is 0 Å². The van der Waals surface area contributed by atoms with Crippen molar-refractivity contribution in [3.63, 3.8) is 0 Å². The van der Waals surface area contributed by atoms with E-state index >= 15 is 0 Å². The number of benzene rings is 1. The van der Waals surface area contributed by atoms with Crippen LogP contribution in [0.15, 0.2) is 48.9 Å². The number of hydrogen-bond acceptors (Lipinski definition) is 7. The maximum atomic E-state index is 13.5. The van der Waals surface area contributed by atoms with Crippen LogP contribution in [0.1, 0.15) is 37.6 Å². The second-order valence-electron chi connectivity index (χ2n) is 10.5. The molecule has 3 N–H and O–H groups in total. The Balaban J connectivity index is 1.47. The number of urea groups is 1. The van der Waals surface area contributed by atoms with E-state index in [1.54, 1.807) is 22.0 Å². The summed E-state index contributed by atoms with van der Waals surface area (Å²) in [6.45, 7) is 8.54. The molecule has 5 rings (SSSR count). The fraction of sp³-hybridized carbons (Fsp3) is 0.462. The third-order valence-corrected chi connectivity index (χ3v) is 6.47. The largest absolute Gasteiger partial charge is 0.369 e. The number of amides is 2. The highest BCUT2D eigenvalue weighted by Gasteiger charge is 2.43. The van der Waals surface area contributed by atoms with E-state index in [0.717, 1.165) is 24.2 Å². The lowest BCUT2D eigenvalue weighted by Crippen LogP contribution is -2.63. The molecule has 10 heteroatoms. The van der Waals surface area contributed by atoms with E-state index in [-0.39, 0.29) is 17.7 Å². The van der Waals surface area contributed by atoms with Gasteiger partial charge in [-0.3, -0.25) is 4.68 Å². The molecule has 1 atom stereocenters. The van der Waals surface area contributed by atoms with E-state index < -0.39 is 5.54 Å². The van der Waals surface area contributed by atoms with Gasteiger partial charge in [0.2, 0.25) is 5.95 Å². The number of ether oxygens (including phenoxy) is 1. The zero-order chi connectivity index (χ0) is 25.3. The number of fused-ring (bicyclic) bond motifs is 1. The predicted molar refractivity (Wildman–Crippen MR) is 137 cm³/mol. The van der Waals surface area contributed by atoms with Crippen molar-refractivity contribution in [1.82, 2.24) is 35.3 Å². The van der Waals surface area contributed by atoms with Gasteiger partial charge in [0.1, 0.15) is 5.54 Å². The fourth-order valence-electron chi connectivity index (χ4n) is 4.86. The Morgan fingerprint density at radius 1 is 1.22 bits per heavy atom. The molecule has 3 aromatic rings. The van der Waals surface area contributed by atoms with Gasteiger partial charge in [-0.1, -0.05) is 24.3 Å². The molecule has 2 aliphatic heterocycles. The van der Waals surface area contributed by atoms with Gasteiger partial charge in [0.05, 0.1) is 42.4 Å². The van der Waals surface area contributed by atoms with Gasteiger partial charge >= 0.3 is 6.03 Å². The molecule has 0 spiro atoms. The van der Waals surface area contributed by atoms with Crippen molar-refractivity contribution < 1.29 is 9.53 Å². The van der Waals surface area contributed by atoms with Crippen molar-refractivity contribution in [1.29, 1.82) is 0 Å². The average Bonchev–Trinajstić information content (AvgIpc) is 3.12. The van der Waals surface area contributed by atoms with Gasteiger partial charge in [-0.25, -0.2) is 14.8 Å². The SMILES string of the molecule is Cn1cc(Nc2nccc(C3(NC(=O)N4CC(OC(C)(C)C)C4)CNCCc4ccccc43)n2)cn1. The van der Waals surface area contributed by atoms with Crippen LogP contribution in [0.5, 0.6) is 0 Å². The average molecular weight is 491 g/mol. The fourth-order valence-corrected chi connectivity index (χ4v) is 4.86. The van der Waals surface area contributed by atoms with Crippen LogP contribution in [0.3, 0.4) is 0 Å². The number of aryl methyl sites for hydroxylation is 1. The van der Waals surface area contributed by atoms with E-state index in [9.17, 15) is 4.79 Å². The Morgan fingerprint density at radius 3 is 2.78 bits per heavy atom. The summed E-state index contributed by atoms with van der Waals surface area (Å²) in [6.07, 6.45) is 6.21. The number of nitrogens with zero attached hydrogens (tertiary/aromatic N) is 5. The van der Waals surface area contributed by atoms with Gasteiger partial charge in [-0.05, 0) is 50.9 Å². The second-order valence-corrected chi connectivity index (χ2v) is 10.5. The van der Waals surface area contributed by atoms with E-state index in [1.807, 2.05) is 52.2 Å². The summed E-state index contributed by atoms with van der Waals surface area (Å²) in [4.78, 5) is 24.6. The minimum atomic E-state index is -0.867. The van der Waals surface area contributed by atoms with Crippen LogP contribution in [-0.2, 0) is 23.7 Å². The zero-order valence-corrected chi connectivity index (χ0v) is 21.3. The minimum Gasteiger partial charge on any atom is -0.369 e. The van der Waals surface area contributed by atoms with Gasteiger partial charge in [0.25, 0.3) is 0 Å². The molecule has 36 heavy (non-hydrogen) atoms. The molecule has 190 valence electrons. The summed E-state index contributed by atoms with van der Waals surface area (Å²) in [5.41, 5.74) is 2.61. The number of carbonyl (C=O) groups excluding carboxylic acids is 1. The van der Waals surface area contributed by atoms with Crippen molar-refractivity contribution in [2.24, 2.45) is 7.05 Å². The van der Waals surface area contributed by atoms with Crippen molar-refractivity contribution in [3.8, 4) is 0 Å². The van der Waals surface area contributed by atoms with Crippen LogP contribution in [0.2, 0.25) is 0 Å². The first kappa shape index (κ1) is 24.2. The van der Waals surface area contributed by atoms with Gasteiger partial charge in [0, 0.05) is 26.0 Å². The van der Waals surface area contributed by atoms with E-state index in [1.165, 1.54) is 5.56 Å². The smallest absolute Gasteiger partial charge is 0.318 e. The Bertz CT molecular complexity index is 1230. The molecule has 0 bridgehead atoms. The monoisotopic (exact) mass is 490 g/mol. The molecular weight excluding hydrogens is 456 g/mol. The summed E-state index contributed by atoms with van der Waals surface area (Å²) in [6, 6.07) is 9.99. The third kappa shape index (κ3) is 5.05. The second kappa shape index (κ2) is 9.51. The molecule has 0 aliphatic carbocycles. The van der Waals surface area contributed by atoms with Crippen molar-refractivity contribution in [3.05, 3.63) is 65.7 Å². The van der Waals surface area contributed by atoms with Crippen LogP contribution >= 0.6 is 0 Å². The summed E-state index contributed by atoms with van der Waals surface area (Å²) in [7, 11) is 1.86. The lowest BCUT2D eigenvalue weighted by Gasteiger charge is -2.44. The van der Waals surface area contributed by atoms with Crippen LogP contribution in [-0.4, -0.2) is 68.6 Å². The molecule has 2 aliphatic rings. The third-order valence-electron chi connectivity index (χ3n) is 6.47. The minimum absolute atomic E-state index is 0.0422. The van der Waals surface area contributed by atoms with Crippen LogP contribution in [0.25, 0.3) is 0 Å². The van der Waals surface area contributed by atoms with Gasteiger partial charge in [0.15, 0.2) is 0 Å². The number of aromatic nitrogens is 4. The first-order chi connectivity index (χ1) is 17.2. The number of carbonyl (C=O) groups is 1. The topological polar surface area (TPSA) is 109 Å². The molecule has 1 saturated heterocycles. The molecule has 0 saturated carbocycles. The summed E-state index contributed by atoms with van der Waals surface area (Å²) in [5.74, 6) is 0.443. The first-order valence-electron chi connectivity index (χ1n) is 12.4. The van der Waals surface area contributed by atoms with Crippen LogP contribution < -0.4 is 16.0 Å². The van der Waals surface area contributed by atoms with Gasteiger partial charge in [-0.15, -0.1) is 0 Å². The number of rotatable bonds is 5. The summed E-state index contributed by atoms with van der Waals surface area (Å²) < 4.78 is 7.75. The van der Waals surface area contributed by atoms with E-state index in [4.69, 9.17) is 9.72 Å². The highest BCUT2D eigenvalue weighted by atomic mass is 16.5. The molecule has 4 heterocycles. The maximum Gasteiger partial charge on any atom is 0.318 e. The molecule has 2 aromatic heterocycles. The molecule has 0 radical (unpaired) electrons. The Labute approximate surface area is 211 Å². The number of nitrogens with one attached hydrogen (secondary N) is 3. The van der Waals surface area contributed by atoms with Gasteiger partial charge in [-0.2, -0.15) is 5.10 Å².